The molecular weight excluding hydrogens is 450 g/mol. The van der Waals surface area contributed by atoms with Crippen LogP contribution in [0, 0.1) is 0 Å². The van der Waals surface area contributed by atoms with E-state index in [0.717, 1.165) is 12.8 Å². The molecule has 0 atom stereocenters. The highest BCUT2D eigenvalue weighted by Crippen LogP contribution is 2.38. The van der Waals surface area contributed by atoms with Crippen LogP contribution in [0.3, 0.4) is 0 Å². The number of benzene rings is 2. The van der Waals surface area contributed by atoms with Gasteiger partial charge in [-0.15, -0.1) is 0 Å². The Labute approximate surface area is 211 Å². The molecule has 0 spiro atoms. The van der Waals surface area contributed by atoms with Crippen LogP contribution in [0.4, 0.5) is 0 Å². The van der Waals surface area contributed by atoms with Crippen molar-refractivity contribution in [2.75, 3.05) is 6.54 Å². The number of hydrogen-bond acceptors (Lipinski definition) is 3. The Kier molecular flexibility index (Phi) is 9.56. The van der Waals surface area contributed by atoms with Crippen molar-refractivity contribution in [3.05, 3.63) is 59.2 Å². The van der Waals surface area contributed by atoms with Crippen molar-refractivity contribution in [3.8, 4) is 11.1 Å². The Morgan fingerprint density at radius 1 is 0.706 bits per heavy atom. The molecule has 5 heteroatoms. The molecule has 0 saturated heterocycles. The normalized spacial score (nSPS) is 13.4. The zero-order valence-electron chi connectivity index (χ0n) is 23.5. The minimum Gasteiger partial charge on any atom is -0.413 e. The molecule has 0 aliphatic rings. The first-order chi connectivity index (χ1) is 15.6. The van der Waals surface area contributed by atoms with Crippen LogP contribution < -0.4 is 5.73 Å². The average Bonchev–Trinajstić information content (AvgIpc) is 2.74. The van der Waals surface area contributed by atoms with Gasteiger partial charge in [-0.25, -0.2) is 0 Å². The second-order valence-corrected chi connectivity index (χ2v) is 22.3. The summed E-state index contributed by atoms with van der Waals surface area (Å²) in [4.78, 5) is 0. The number of rotatable bonds is 10. The molecule has 0 heterocycles. The summed E-state index contributed by atoms with van der Waals surface area (Å²) in [6.45, 7) is 25.0. The van der Waals surface area contributed by atoms with Gasteiger partial charge in [0.1, 0.15) is 0 Å². The summed E-state index contributed by atoms with van der Waals surface area (Å²) < 4.78 is 12.9. The summed E-state index contributed by atoms with van der Waals surface area (Å²) in [5.74, 6) is 0. The first-order valence-corrected chi connectivity index (χ1v) is 18.6. The summed E-state index contributed by atoms with van der Waals surface area (Å²) in [5.41, 5.74) is 12.2. The van der Waals surface area contributed by atoms with Crippen molar-refractivity contribution >= 4 is 16.6 Å². The first-order valence-electron chi connectivity index (χ1n) is 12.8. The molecule has 0 unspecified atom stereocenters. The van der Waals surface area contributed by atoms with E-state index in [-0.39, 0.29) is 10.1 Å². The van der Waals surface area contributed by atoms with Gasteiger partial charge in [-0.2, -0.15) is 0 Å². The molecule has 3 nitrogen and oxygen atoms in total. The van der Waals surface area contributed by atoms with Crippen LogP contribution in [-0.2, 0) is 28.5 Å². The van der Waals surface area contributed by atoms with E-state index in [1.807, 2.05) is 0 Å². The molecule has 0 aromatic heterocycles. The Hall–Kier alpha value is -1.25. The van der Waals surface area contributed by atoms with Crippen LogP contribution in [0.5, 0.6) is 0 Å². The lowest BCUT2D eigenvalue weighted by atomic mass is 9.94. The zero-order chi connectivity index (χ0) is 25.8. The predicted molar refractivity (Wildman–Crippen MR) is 153 cm³/mol. The van der Waals surface area contributed by atoms with Crippen molar-refractivity contribution in [3.63, 3.8) is 0 Å². The molecule has 0 aliphatic carbocycles. The van der Waals surface area contributed by atoms with Crippen LogP contribution in [0.2, 0.25) is 36.3 Å². The third-order valence-electron chi connectivity index (χ3n) is 7.90. The lowest BCUT2D eigenvalue weighted by Crippen LogP contribution is -2.40. The van der Waals surface area contributed by atoms with Gasteiger partial charge in [0.25, 0.3) is 0 Å². The standard InChI is InChI=1S/C29H49NO2Si2/c1-28(2,3)33(7,8)31-21-23-13-16-25(17-14-23)27-18-15-24(20-26(27)12-11-19-30)22-32-34(9,10)29(4,5)6/h13-18,20H,11-12,19,21-22,30H2,1-10H3. The van der Waals surface area contributed by atoms with Gasteiger partial charge in [-0.1, -0.05) is 84.0 Å². The van der Waals surface area contributed by atoms with E-state index in [0.29, 0.717) is 19.8 Å². The topological polar surface area (TPSA) is 44.5 Å². The van der Waals surface area contributed by atoms with Crippen molar-refractivity contribution in [1.29, 1.82) is 0 Å². The van der Waals surface area contributed by atoms with E-state index in [1.54, 1.807) is 0 Å². The molecule has 34 heavy (non-hydrogen) atoms. The van der Waals surface area contributed by atoms with Crippen LogP contribution in [0.25, 0.3) is 11.1 Å². The molecule has 2 aromatic rings. The van der Waals surface area contributed by atoms with Crippen LogP contribution in [-0.4, -0.2) is 23.2 Å². The van der Waals surface area contributed by atoms with Gasteiger partial charge in [0, 0.05) is 0 Å². The van der Waals surface area contributed by atoms with Crippen LogP contribution in [0.1, 0.15) is 64.7 Å². The Balaban J connectivity index is 2.20. The van der Waals surface area contributed by atoms with Gasteiger partial charge in [0.15, 0.2) is 16.6 Å². The van der Waals surface area contributed by atoms with E-state index < -0.39 is 16.6 Å². The maximum atomic E-state index is 6.48. The zero-order valence-corrected chi connectivity index (χ0v) is 25.5. The molecule has 0 aliphatic heterocycles. The average molecular weight is 500 g/mol. The highest BCUT2D eigenvalue weighted by atomic mass is 28.4. The molecular formula is C29H49NO2Si2. The summed E-state index contributed by atoms with van der Waals surface area (Å²) in [5, 5.41) is 0.437. The lowest BCUT2D eigenvalue weighted by molar-refractivity contribution is 0.276. The van der Waals surface area contributed by atoms with E-state index in [9.17, 15) is 0 Å². The molecule has 2 N–H and O–H groups in total. The van der Waals surface area contributed by atoms with Gasteiger partial charge < -0.3 is 14.6 Å². The lowest BCUT2D eigenvalue weighted by Gasteiger charge is -2.36. The van der Waals surface area contributed by atoms with Crippen LogP contribution in [0.15, 0.2) is 42.5 Å². The third-order valence-corrected chi connectivity index (χ3v) is 16.9. The summed E-state index contributed by atoms with van der Waals surface area (Å²) in [6, 6.07) is 15.7. The maximum absolute atomic E-state index is 6.48. The fourth-order valence-electron chi connectivity index (χ4n) is 3.26. The van der Waals surface area contributed by atoms with E-state index in [4.69, 9.17) is 14.6 Å². The van der Waals surface area contributed by atoms with Gasteiger partial charge in [-0.05, 0) is 83.5 Å². The molecule has 2 rings (SSSR count). The van der Waals surface area contributed by atoms with E-state index in [2.05, 4.69) is 110 Å². The number of hydrogen-bond donors (Lipinski definition) is 1. The summed E-state index contributed by atoms with van der Waals surface area (Å²) in [6.07, 6.45) is 1.97. The molecule has 0 radical (unpaired) electrons. The van der Waals surface area contributed by atoms with E-state index >= 15 is 0 Å². The van der Waals surface area contributed by atoms with Gasteiger partial charge in [-0.3, -0.25) is 0 Å². The van der Waals surface area contributed by atoms with Gasteiger partial charge in [0.05, 0.1) is 13.2 Å². The fraction of sp³-hybridized carbons (Fsp3) is 0.586. The predicted octanol–water partition coefficient (Wildman–Crippen LogP) is 8.29. The molecule has 190 valence electrons. The minimum absolute atomic E-state index is 0.214. The smallest absolute Gasteiger partial charge is 0.192 e. The Bertz CT molecular complexity index is 923. The van der Waals surface area contributed by atoms with Crippen molar-refractivity contribution in [2.24, 2.45) is 5.73 Å². The third kappa shape index (κ3) is 7.63. The Morgan fingerprint density at radius 3 is 1.65 bits per heavy atom. The largest absolute Gasteiger partial charge is 0.413 e. The fourth-order valence-corrected chi connectivity index (χ4v) is 5.18. The number of nitrogens with two attached hydrogens (primary N) is 1. The Morgan fingerprint density at radius 2 is 1.18 bits per heavy atom. The summed E-state index contributed by atoms with van der Waals surface area (Å²) in [7, 11) is -3.53. The van der Waals surface area contributed by atoms with Crippen molar-refractivity contribution in [1.82, 2.24) is 0 Å². The van der Waals surface area contributed by atoms with Gasteiger partial charge >= 0.3 is 0 Å². The van der Waals surface area contributed by atoms with Crippen LogP contribution >= 0.6 is 0 Å². The highest BCUT2D eigenvalue weighted by molar-refractivity contribution is 6.74. The number of aryl methyl sites for hydroxylation is 1. The van der Waals surface area contributed by atoms with Crippen molar-refractivity contribution in [2.45, 2.75) is 104 Å². The SMILES string of the molecule is CC(C)(C)[Si](C)(C)OCc1ccc(-c2ccc(CO[Si](C)(C)C(C)(C)C)cc2CCCN)cc1. The van der Waals surface area contributed by atoms with E-state index in [1.165, 1.54) is 27.8 Å². The second kappa shape index (κ2) is 11.2. The van der Waals surface area contributed by atoms with Gasteiger partial charge in [0.2, 0.25) is 0 Å². The molecule has 0 saturated carbocycles. The maximum Gasteiger partial charge on any atom is 0.192 e. The second-order valence-electron chi connectivity index (χ2n) is 12.7. The molecule has 2 aromatic carbocycles. The first kappa shape index (κ1) is 29.0. The molecule has 0 fully saturated rings. The summed E-state index contributed by atoms with van der Waals surface area (Å²) >= 11 is 0. The highest BCUT2D eigenvalue weighted by Gasteiger charge is 2.37. The quantitative estimate of drug-likeness (QED) is 0.334. The molecule has 0 bridgehead atoms. The van der Waals surface area contributed by atoms with Crippen molar-refractivity contribution < 1.29 is 8.85 Å². The molecule has 0 amide bonds. The minimum atomic E-state index is -1.78. The monoisotopic (exact) mass is 499 g/mol.